The van der Waals surface area contributed by atoms with Crippen LogP contribution in [0.15, 0.2) is 48.5 Å². The second kappa shape index (κ2) is 9.09. The van der Waals surface area contributed by atoms with Crippen molar-refractivity contribution in [2.45, 2.75) is 82.3 Å². The van der Waals surface area contributed by atoms with Crippen molar-refractivity contribution < 1.29 is 9.90 Å². The van der Waals surface area contributed by atoms with Gasteiger partial charge in [-0.05, 0) is 104 Å². The standard InChI is InChI=1S/C33H43N3O2/c1-3-28-30-24(20-36(28)31(38)22-9-5-4-6-10-22)19-32(2)29-17-23-12-13-26(37)18-27(23)33(30,32)14-16-35(29)21-25-11-7-8-15-34-25/h4-6,9-10,12-13,18,24-25,28-30,34,37H,3,7-8,11,14-17,19-21H2,1-2H3/t24-,25-,28?,29?,30?,32?,33?/m1/s1. The Bertz CT molecular complexity index is 1210. The van der Waals surface area contributed by atoms with Crippen molar-refractivity contribution in [2.75, 3.05) is 26.2 Å². The SMILES string of the molecule is CCC1C2[C@@H](CN1C(=O)c1ccccc1)CC1(C)C3Cc4ccc(O)cc4C21CCN3C[C@H]1CCCCN1. The number of phenolic OH excluding ortho intramolecular Hbond substituents is 1. The number of likely N-dealkylation sites (tertiary alicyclic amines) is 2. The number of hydrogen-bond donors (Lipinski definition) is 2. The fraction of sp³-hybridized carbons (Fsp3) is 0.606. The molecule has 38 heavy (non-hydrogen) atoms. The Balaban J connectivity index is 1.30. The Morgan fingerprint density at radius 2 is 2.00 bits per heavy atom. The average molecular weight is 514 g/mol. The second-order valence-corrected chi connectivity index (χ2v) is 13.1. The van der Waals surface area contributed by atoms with Crippen molar-refractivity contribution in [1.82, 2.24) is 15.1 Å². The van der Waals surface area contributed by atoms with Gasteiger partial charge in [0, 0.05) is 42.2 Å². The number of rotatable bonds is 4. The van der Waals surface area contributed by atoms with Crippen LogP contribution in [-0.4, -0.2) is 65.1 Å². The fourth-order valence-corrected chi connectivity index (χ4v) is 10.2. The molecule has 0 spiro atoms. The molecule has 2 aromatic carbocycles. The van der Waals surface area contributed by atoms with E-state index in [0.717, 1.165) is 51.0 Å². The molecule has 1 saturated carbocycles. The third-order valence-corrected chi connectivity index (χ3v) is 11.6. The number of carbonyl (C=O) groups excluding carboxylic acids is 1. The van der Waals surface area contributed by atoms with Gasteiger partial charge in [0.15, 0.2) is 0 Å². The largest absolute Gasteiger partial charge is 0.508 e. The summed E-state index contributed by atoms with van der Waals surface area (Å²) in [4.78, 5) is 18.9. The summed E-state index contributed by atoms with van der Waals surface area (Å²) in [5.74, 6) is 1.51. The number of fused-ring (bicyclic) bond motifs is 2. The van der Waals surface area contributed by atoms with Crippen LogP contribution in [0.5, 0.6) is 5.75 Å². The van der Waals surface area contributed by atoms with E-state index < -0.39 is 0 Å². The van der Waals surface area contributed by atoms with Gasteiger partial charge in [-0.25, -0.2) is 0 Å². The first-order valence-corrected chi connectivity index (χ1v) is 15.1. The van der Waals surface area contributed by atoms with Crippen LogP contribution in [0.3, 0.4) is 0 Å². The van der Waals surface area contributed by atoms with Gasteiger partial charge in [-0.15, -0.1) is 0 Å². The summed E-state index contributed by atoms with van der Waals surface area (Å²) in [6.07, 6.45) is 8.27. The van der Waals surface area contributed by atoms with Crippen LogP contribution in [-0.2, 0) is 11.8 Å². The molecule has 2 aromatic rings. The molecule has 7 atom stereocenters. The molecule has 202 valence electrons. The van der Waals surface area contributed by atoms with E-state index in [4.69, 9.17) is 0 Å². The number of amides is 1. The zero-order valence-electron chi connectivity index (χ0n) is 23.0. The zero-order chi connectivity index (χ0) is 26.1. The number of carbonyl (C=O) groups is 1. The Labute approximate surface area is 227 Å². The quantitative estimate of drug-likeness (QED) is 0.606. The van der Waals surface area contributed by atoms with Crippen molar-refractivity contribution >= 4 is 5.91 Å². The van der Waals surface area contributed by atoms with Crippen LogP contribution >= 0.6 is 0 Å². The lowest BCUT2D eigenvalue weighted by Gasteiger charge is -2.63. The van der Waals surface area contributed by atoms with Crippen LogP contribution in [0.2, 0.25) is 0 Å². The number of benzene rings is 2. The van der Waals surface area contributed by atoms with Gasteiger partial charge in [-0.3, -0.25) is 9.69 Å². The molecule has 2 N–H and O–H groups in total. The summed E-state index contributed by atoms with van der Waals surface area (Å²) in [5, 5.41) is 14.5. The van der Waals surface area contributed by atoms with Crippen molar-refractivity contribution in [1.29, 1.82) is 0 Å². The second-order valence-electron chi connectivity index (χ2n) is 13.1. The third-order valence-electron chi connectivity index (χ3n) is 11.6. The predicted octanol–water partition coefficient (Wildman–Crippen LogP) is 4.98. The third kappa shape index (κ3) is 3.40. The van der Waals surface area contributed by atoms with Crippen LogP contribution in [0, 0.1) is 17.3 Å². The molecule has 0 radical (unpaired) electrons. The van der Waals surface area contributed by atoms with Gasteiger partial charge in [-0.1, -0.05) is 44.5 Å². The summed E-state index contributed by atoms with van der Waals surface area (Å²) in [5.41, 5.74) is 3.77. The number of piperidine rings is 2. The molecule has 2 aliphatic carbocycles. The lowest BCUT2D eigenvalue weighted by molar-refractivity contribution is -0.0650. The monoisotopic (exact) mass is 513 g/mol. The summed E-state index contributed by atoms with van der Waals surface area (Å²) >= 11 is 0. The Kier molecular flexibility index (Phi) is 5.90. The van der Waals surface area contributed by atoms with E-state index in [0.29, 0.717) is 29.7 Å². The van der Waals surface area contributed by atoms with E-state index in [-0.39, 0.29) is 22.8 Å². The predicted molar refractivity (Wildman–Crippen MR) is 150 cm³/mol. The molecule has 4 fully saturated rings. The number of hydrogen-bond acceptors (Lipinski definition) is 4. The van der Waals surface area contributed by atoms with Gasteiger partial charge in [-0.2, -0.15) is 0 Å². The van der Waals surface area contributed by atoms with Crippen LogP contribution in [0.25, 0.3) is 0 Å². The van der Waals surface area contributed by atoms with E-state index >= 15 is 0 Å². The maximum atomic E-state index is 13.8. The van der Waals surface area contributed by atoms with Gasteiger partial charge in [0.1, 0.15) is 5.75 Å². The Hall–Kier alpha value is -2.37. The first-order chi connectivity index (χ1) is 18.5. The van der Waals surface area contributed by atoms with E-state index in [1.807, 2.05) is 36.4 Å². The molecule has 7 rings (SSSR count). The molecule has 5 nitrogen and oxygen atoms in total. The van der Waals surface area contributed by atoms with Crippen molar-refractivity contribution in [2.24, 2.45) is 17.3 Å². The highest BCUT2D eigenvalue weighted by Crippen LogP contribution is 2.71. The van der Waals surface area contributed by atoms with Crippen LogP contribution < -0.4 is 5.32 Å². The molecule has 5 aliphatic rings. The van der Waals surface area contributed by atoms with Gasteiger partial charge < -0.3 is 15.3 Å². The summed E-state index contributed by atoms with van der Waals surface area (Å²) in [6.45, 7) is 9.13. The normalized spacial score (nSPS) is 37.9. The van der Waals surface area contributed by atoms with Gasteiger partial charge >= 0.3 is 0 Å². The molecule has 2 bridgehead atoms. The smallest absolute Gasteiger partial charge is 0.254 e. The van der Waals surface area contributed by atoms with E-state index in [2.05, 4.69) is 41.1 Å². The van der Waals surface area contributed by atoms with Crippen LogP contribution in [0.4, 0.5) is 0 Å². The molecule has 5 heteroatoms. The summed E-state index contributed by atoms with van der Waals surface area (Å²) in [7, 11) is 0. The molecule has 3 aliphatic heterocycles. The van der Waals surface area contributed by atoms with Gasteiger partial charge in [0.05, 0.1) is 0 Å². The summed E-state index contributed by atoms with van der Waals surface area (Å²) in [6, 6.07) is 17.4. The first-order valence-electron chi connectivity index (χ1n) is 15.1. The summed E-state index contributed by atoms with van der Waals surface area (Å²) < 4.78 is 0. The first kappa shape index (κ1) is 24.7. The van der Waals surface area contributed by atoms with Crippen LogP contribution in [0.1, 0.15) is 73.9 Å². The van der Waals surface area contributed by atoms with E-state index in [1.54, 1.807) is 0 Å². The van der Waals surface area contributed by atoms with Crippen molar-refractivity contribution in [3.05, 3.63) is 65.2 Å². The van der Waals surface area contributed by atoms with Gasteiger partial charge in [0.2, 0.25) is 0 Å². The highest BCUT2D eigenvalue weighted by Gasteiger charge is 2.72. The number of nitrogens with one attached hydrogen (secondary N) is 1. The maximum absolute atomic E-state index is 13.8. The molecule has 3 saturated heterocycles. The highest BCUT2D eigenvalue weighted by molar-refractivity contribution is 5.94. The number of aromatic hydroxyl groups is 1. The minimum absolute atomic E-state index is 0.00244. The molecule has 0 aromatic heterocycles. The average Bonchev–Trinajstić information content (AvgIpc) is 3.42. The fourth-order valence-electron chi connectivity index (χ4n) is 10.2. The van der Waals surface area contributed by atoms with Crippen molar-refractivity contribution in [3.8, 4) is 5.75 Å². The van der Waals surface area contributed by atoms with E-state index in [1.165, 1.54) is 36.8 Å². The molecule has 3 heterocycles. The molecule has 1 amide bonds. The van der Waals surface area contributed by atoms with E-state index in [9.17, 15) is 9.90 Å². The zero-order valence-corrected chi connectivity index (χ0v) is 23.0. The lowest BCUT2D eigenvalue weighted by atomic mass is 9.48. The van der Waals surface area contributed by atoms with Crippen molar-refractivity contribution in [3.63, 3.8) is 0 Å². The number of nitrogens with zero attached hydrogens (tertiary/aromatic N) is 2. The lowest BCUT2D eigenvalue weighted by Crippen LogP contribution is -2.67. The topological polar surface area (TPSA) is 55.8 Å². The van der Waals surface area contributed by atoms with Gasteiger partial charge in [0.25, 0.3) is 5.91 Å². The Morgan fingerprint density at radius 1 is 1.16 bits per heavy atom. The minimum Gasteiger partial charge on any atom is -0.508 e. The highest BCUT2D eigenvalue weighted by atomic mass is 16.3. The number of phenols is 1. The minimum atomic E-state index is -0.00244. The molecule has 5 unspecified atom stereocenters. The Morgan fingerprint density at radius 3 is 2.76 bits per heavy atom. The molecular formula is C33H43N3O2. The molecular weight excluding hydrogens is 470 g/mol. The maximum Gasteiger partial charge on any atom is 0.254 e.